The van der Waals surface area contributed by atoms with E-state index >= 15 is 0 Å². The second-order valence-corrected chi connectivity index (χ2v) is 6.55. The zero-order valence-corrected chi connectivity index (χ0v) is 13.8. The molecule has 1 nitrogen and oxygen atoms in total. The third-order valence-electron chi connectivity index (χ3n) is 5.10. The number of nitrogens with one attached hydrogen (secondary N) is 1. The van der Waals surface area contributed by atoms with Crippen LogP contribution in [0.1, 0.15) is 69.5 Å². The van der Waals surface area contributed by atoms with Crippen molar-refractivity contribution in [1.29, 1.82) is 0 Å². The maximum Gasteiger partial charge on any atom is 0.123 e. The van der Waals surface area contributed by atoms with Gasteiger partial charge in [-0.2, -0.15) is 0 Å². The van der Waals surface area contributed by atoms with Crippen LogP contribution in [0.4, 0.5) is 4.39 Å². The molecule has 1 fully saturated rings. The Hall–Kier alpha value is -0.890. The lowest BCUT2D eigenvalue weighted by molar-refractivity contribution is 0.175. The van der Waals surface area contributed by atoms with Gasteiger partial charge in [-0.1, -0.05) is 45.6 Å². The van der Waals surface area contributed by atoms with E-state index in [2.05, 4.69) is 19.2 Å². The Labute approximate surface area is 129 Å². The molecule has 1 saturated carbocycles. The van der Waals surface area contributed by atoms with E-state index < -0.39 is 0 Å². The fourth-order valence-electron chi connectivity index (χ4n) is 3.96. The molecule has 0 aromatic heterocycles. The fraction of sp³-hybridized carbons (Fsp3) is 0.684. The average molecular weight is 291 g/mol. The van der Waals surface area contributed by atoms with Gasteiger partial charge >= 0.3 is 0 Å². The van der Waals surface area contributed by atoms with Crippen LogP contribution in [0.25, 0.3) is 0 Å². The SMILES string of the molecule is CCCNC(c1ccc(F)cc1C)C1CCCCC1CC. The topological polar surface area (TPSA) is 12.0 Å². The van der Waals surface area contributed by atoms with Gasteiger partial charge in [0.2, 0.25) is 0 Å². The van der Waals surface area contributed by atoms with Crippen LogP contribution in [0.3, 0.4) is 0 Å². The summed E-state index contributed by atoms with van der Waals surface area (Å²) in [5.74, 6) is 1.37. The molecule has 0 heterocycles. The van der Waals surface area contributed by atoms with Crippen molar-refractivity contribution in [2.45, 2.75) is 65.3 Å². The summed E-state index contributed by atoms with van der Waals surface area (Å²) in [4.78, 5) is 0. The molecule has 3 atom stereocenters. The number of halogens is 1. The summed E-state index contributed by atoms with van der Waals surface area (Å²) in [6.07, 6.45) is 7.77. The van der Waals surface area contributed by atoms with Gasteiger partial charge < -0.3 is 5.32 Å². The lowest BCUT2D eigenvalue weighted by atomic mass is 9.72. The summed E-state index contributed by atoms with van der Waals surface area (Å²) in [6, 6.07) is 5.68. The molecule has 2 heteroatoms. The minimum atomic E-state index is -0.124. The predicted octanol–water partition coefficient (Wildman–Crippen LogP) is 5.39. The summed E-state index contributed by atoms with van der Waals surface area (Å²) < 4.78 is 13.4. The third kappa shape index (κ3) is 4.06. The number of aryl methyl sites for hydroxylation is 1. The van der Waals surface area contributed by atoms with Gasteiger partial charge in [0.1, 0.15) is 5.82 Å². The monoisotopic (exact) mass is 291 g/mol. The summed E-state index contributed by atoms with van der Waals surface area (Å²) in [6.45, 7) is 7.61. The molecule has 1 aliphatic carbocycles. The molecule has 3 unspecified atom stereocenters. The molecule has 2 rings (SSSR count). The van der Waals surface area contributed by atoms with Crippen molar-refractivity contribution in [3.63, 3.8) is 0 Å². The highest BCUT2D eigenvalue weighted by Crippen LogP contribution is 2.41. The van der Waals surface area contributed by atoms with Gasteiger partial charge in [-0.25, -0.2) is 4.39 Å². The number of benzene rings is 1. The Bertz CT molecular complexity index is 443. The lowest BCUT2D eigenvalue weighted by Gasteiger charge is -2.38. The van der Waals surface area contributed by atoms with Gasteiger partial charge in [-0.05, 0) is 61.4 Å². The molecule has 1 aromatic rings. The van der Waals surface area contributed by atoms with Crippen molar-refractivity contribution < 1.29 is 4.39 Å². The van der Waals surface area contributed by atoms with Crippen molar-refractivity contribution >= 4 is 0 Å². The summed E-state index contributed by atoms with van der Waals surface area (Å²) >= 11 is 0. The van der Waals surface area contributed by atoms with Crippen LogP contribution >= 0.6 is 0 Å². The van der Waals surface area contributed by atoms with Crippen molar-refractivity contribution in [3.05, 3.63) is 35.1 Å². The molecular weight excluding hydrogens is 261 g/mol. The lowest BCUT2D eigenvalue weighted by Crippen LogP contribution is -2.35. The van der Waals surface area contributed by atoms with Gasteiger partial charge in [0.25, 0.3) is 0 Å². The highest BCUT2D eigenvalue weighted by Gasteiger charge is 2.32. The normalized spacial score (nSPS) is 24.0. The van der Waals surface area contributed by atoms with E-state index in [0.29, 0.717) is 12.0 Å². The van der Waals surface area contributed by atoms with E-state index in [1.165, 1.54) is 37.7 Å². The Morgan fingerprint density at radius 2 is 2.00 bits per heavy atom. The van der Waals surface area contributed by atoms with Gasteiger partial charge in [0.05, 0.1) is 0 Å². The molecule has 0 bridgehead atoms. The van der Waals surface area contributed by atoms with Gasteiger partial charge in [0, 0.05) is 6.04 Å². The highest BCUT2D eigenvalue weighted by molar-refractivity contribution is 5.30. The molecule has 0 spiro atoms. The summed E-state index contributed by atoms with van der Waals surface area (Å²) in [5, 5.41) is 3.76. The molecule has 0 radical (unpaired) electrons. The number of rotatable bonds is 6. The van der Waals surface area contributed by atoms with E-state index in [1.807, 2.05) is 13.0 Å². The minimum absolute atomic E-state index is 0.124. The first-order valence-corrected chi connectivity index (χ1v) is 8.66. The van der Waals surface area contributed by atoms with Crippen molar-refractivity contribution in [2.75, 3.05) is 6.54 Å². The number of hydrogen-bond donors (Lipinski definition) is 1. The van der Waals surface area contributed by atoms with Crippen LogP contribution in [0, 0.1) is 24.6 Å². The van der Waals surface area contributed by atoms with Crippen molar-refractivity contribution in [3.8, 4) is 0 Å². The molecule has 0 saturated heterocycles. The van der Waals surface area contributed by atoms with E-state index in [4.69, 9.17) is 0 Å². The largest absolute Gasteiger partial charge is 0.310 e. The van der Waals surface area contributed by atoms with Crippen LogP contribution in [-0.2, 0) is 0 Å². The standard InChI is InChI=1S/C19H30FN/c1-4-12-21-19(17-11-10-16(20)13-14(17)3)18-9-7-6-8-15(18)5-2/h10-11,13,15,18-19,21H,4-9,12H2,1-3H3. The maximum absolute atomic E-state index is 13.4. The Morgan fingerprint density at radius 3 is 2.67 bits per heavy atom. The van der Waals surface area contributed by atoms with E-state index in [-0.39, 0.29) is 5.82 Å². The highest BCUT2D eigenvalue weighted by atomic mass is 19.1. The third-order valence-corrected chi connectivity index (χ3v) is 5.10. The average Bonchev–Trinajstić information content (AvgIpc) is 2.49. The zero-order chi connectivity index (χ0) is 15.2. The summed E-state index contributed by atoms with van der Waals surface area (Å²) in [5.41, 5.74) is 2.39. The molecule has 0 amide bonds. The quantitative estimate of drug-likeness (QED) is 0.741. The van der Waals surface area contributed by atoms with Crippen LogP contribution in [-0.4, -0.2) is 6.54 Å². The first-order valence-electron chi connectivity index (χ1n) is 8.66. The first-order chi connectivity index (χ1) is 10.2. The Balaban J connectivity index is 2.27. The Morgan fingerprint density at radius 1 is 1.24 bits per heavy atom. The second-order valence-electron chi connectivity index (χ2n) is 6.55. The van der Waals surface area contributed by atoms with E-state index in [9.17, 15) is 4.39 Å². The van der Waals surface area contributed by atoms with Crippen molar-refractivity contribution in [2.24, 2.45) is 11.8 Å². The van der Waals surface area contributed by atoms with Crippen LogP contribution in [0.2, 0.25) is 0 Å². The fourth-order valence-corrected chi connectivity index (χ4v) is 3.96. The van der Waals surface area contributed by atoms with Gasteiger partial charge in [-0.3, -0.25) is 0 Å². The molecule has 1 aliphatic rings. The minimum Gasteiger partial charge on any atom is -0.310 e. The van der Waals surface area contributed by atoms with Gasteiger partial charge in [0.15, 0.2) is 0 Å². The van der Waals surface area contributed by atoms with Crippen LogP contribution in [0.15, 0.2) is 18.2 Å². The molecule has 1 N–H and O–H groups in total. The number of hydrogen-bond acceptors (Lipinski definition) is 1. The molecule has 118 valence electrons. The van der Waals surface area contributed by atoms with Gasteiger partial charge in [-0.15, -0.1) is 0 Å². The van der Waals surface area contributed by atoms with E-state index in [0.717, 1.165) is 24.4 Å². The maximum atomic E-state index is 13.4. The molecular formula is C19H30FN. The predicted molar refractivity (Wildman–Crippen MR) is 87.9 cm³/mol. The van der Waals surface area contributed by atoms with Crippen LogP contribution in [0.5, 0.6) is 0 Å². The zero-order valence-electron chi connectivity index (χ0n) is 13.8. The van der Waals surface area contributed by atoms with Crippen LogP contribution < -0.4 is 5.32 Å². The molecule has 0 aliphatic heterocycles. The first kappa shape index (κ1) is 16.5. The Kier molecular flexibility index (Phi) is 6.22. The summed E-state index contributed by atoms with van der Waals surface area (Å²) in [7, 11) is 0. The molecule has 1 aromatic carbocycles. The van der Waals surface area contributed by atoms with E-state index in [1.54, 1.807) is 12.1 Å². The molecule has 21 heavy (non-hydrogen) atoms. The second kappa shape index (κ2) is 7.93. The smallest absolute Gasteiger partial charge is 0.123 e. The van der Waals surface area contributed by atoms with Crippen molar-refractivity contribution in [1.82, 2.24) is 5.32 Å².